The van der Waals surface area contributed by atoms with Gasteiger partial charge in [-0.1, -0.05) is 30.3 Å². The van der Waals surface area contributed by atoms with Gasteiger partial charge >= 0.3 is 0 Å². The summed E-state index contributed by atoms with van der Waals surface area (Å²) in [6, 6.07) is 20.1. The number of hydrogen-bond acceptors (Lipinski definition) is 4. The first kappa shape index (κ1) is 16.6. The van der Waals surface area contributed by atoms with Gasteiger partial charge in [-0.3, -0.25) is 4.79 Å². The summed E-state index contributed by atoms with van der Waals surface area (Å²) in [6.07, 6.45) is 0. The molecular weight excluding hydrogens is 314 g/mol. The van der Waals surface area contributed by atoms with Gasteiger partial charge in [0.05, 0.1) is 14.2 Å². The van der Waals surface area contributed by atoms with Crippen molar-refractivity contribution in [3.8, 4) is 22.6 Å². The number of ketones is 1. The number of carbonyl (C=O) groups excluding carboxylic acids is 1. The predicted octanol–water partition coefficient (Wildman–Crippen LogP) is 4.18. The van der Waals surface area contributed by atoms with Crippen LogP contribution in [0, 0.1) is 0 Å². The van der Waals surface area contributed by atoms with E-state index in [0.717, 1.165) is 11.1 Å². The number of methoxy groups -OCH3 is 2. The maximum absolute atomic E-state index is 12.9. The molecule has 0 fully saturated rings. The van der Waals surface area contributed by atoms with Gasteiger partial charge in [0.2, 0.25) is 0 Å². The van der Waals surface area contributed by atoms with Crippen molar-refractivity contribution in [3.05, 3.63) is 77.9 Å². The second-order valence-electron chi connectivity index (χ2n) is 5.57. The zero-order valence-electron chi connectivity index (χ0n) is 14.2. The molecule has 2 N–H and O–H groups in total. The summed E-state index contributed by atoms with van der Waals surface area (Å²) in [5.74, 6) is 1.22. The Morgan fingerprint density at radius 1 is 0.840 bits per heavy atom. The van der Waals surface area contributed by atoms with E-state index >= 15 is 0 Å². The zero-order chi connectivity index (χ0) is 17.8. The first-order valence-electron chi connectivity index (χ1n) is 7.85. The van der Waals surface area contributed by atoms with Crippen LogP contribution in [-0.4, -0.2) is 20.0 Å². The van der Waals surface area contributed by atoms with Crippen LogP contribution < -0.4 is 15.2 Å². The Labute approximate surface area is 146 Å². The smallest absolute Gasteiger partial charge is 0.193 e. The van der Waals surface area contributed by atoms with Gasteiger partial charge in [-0.15, -0.1) is 0 Å². The monoisotopic (exact) mass is 333 g/mol. The largest absolute Gasteiger partial charge is 0.493 e. The number of carbonyl (C=O) groups is 1. The van der Waals surface area contributed by atoms with Crippen molar-refractivity contribution >= 4 is 11.5 Å². The molecule has 0 heterocycles. The Morgan fingerprint density at radius 2 is 1.52 bits per heavy atom. The molecule has 3 aromatic rings. The van der Waals surface area contributed by atoms with E-state index in [-0.39, 0.29) is 5.78 Å². The summed E-state index contributed by atoms with van der Waals surface area (Å²) in [5.41, 5.74) is 9.29. The molecule has 0 bridgehead atoms. The predicted molar refractivity (Wildman–Crippen MR) is 99.3 cm³/mol. The Balaban J connectivity index is 2.07. The highest BCUT2D eigenvalue weighted by atomic mass is 16.5. The molecule has 25 heavy (non-hydrogen) atoms. The summed E-state index contributed by atoms with van der Waals surface area (Å²) in [6.45, 7) is 0. The van der Waals surface area contributed by atoms with Crippen molar-refractivity contribution in [1.82, 2.24) is 0 Å². The summed E-state index contributed by atoms with van der Waals surface area (Å²) in [5, 5.41) is 0. The Kier molecular flexibility index (Phi) is 4.70. The lowest BCUT2D eigenvalue weighted by Crippen LogP contribution is -2.04. The number of anilines is 1. The van der Waals surface area contributed by atoms with Crippen molar-refractivity contribution in [2.45, 2.75) is 0 Å². The van der Waals surface area contributed by atoms with Crippen LogP contribution in [0.25, 0.3) is 11.1 Å². The number of ether oxygens (including phenoxy) is 2. The van der Waals surface area contributed by atoms with Crippen molar-refractivity contribution in [3.63, 3.8) is 0 Å². The second kappa shape index (κ2) is 7.09. The van der Waals surface area contributed by atoms with E-state index in [1.807, 2.05) is 42.5 Å². The Morgan fingerprint density at radius 3 is 2.20 bits per heavy atom. The minimum Gasteiger partial charge on any atom is -0.493 e. The van der Waals surface area contributed by atoms with Crippen LogP contribution in [0.5, 0.6) is 11.5 Å². The van der Waals surface area contributed by atoms with Crippen LogP contribution in [0.15, 0.2) is 66.7 Å². The van der Waals surface area contributed by atoms with E-state index < -0.39 is 0 Å². The summed E-state index contributed by atoms with van der Waals surface area (Å²) in [7, 11) is 3.18. The van der Waals surface area contributed by atoms with E-state index in [9.17, 15) is 4.79 Å². The highest BCUT2D eigenvalue weighted by molar-refractivity contribution is 6.13. The highest BCUT2D eigenvalue weighted by Crippen LogP contribution is 2.34. The van der Waals surface area contributed by atoms with Crippen molar-refractivity contribution < 1.29 is 14.3 Å². The molecule has 0 aliphatic rings. The number of benzene rings is 3. The SMILES string of the molecule is COc1ccc(-c2ccccc2C(=O)c2ccc(N)cc2)cc1OC. The normalized spacial score (nSPS) is 10.3. The van der Waals surface area contributed by atoms with Crippen LogP contribution in [0.2, 0.25) is 0 Å². The third-order valence-corrected chi connectivity index (χ3v) is 4.04. The molecule has 0 atom stereocenters. The molecule has 0 aromatic heterocycles. The molecule has 0 aliphatic carbocycles. The molecule has 3 aromatic carbocycles. The molecule has 0 unspecified atom stereocenters. The third-order valence-electron chi connectivity index (χ3n) is 4.04. The average Bonchev–Trinajstić information content (AvgIpc) is 2.67. The van der Waals surface area contributed by atoms with Crippen LogP contribution >= 0.6 is 0 Å². The Bertz CT molecular complexity index is 901. The second-order valence-corrected chi connectivity index (χ2v) is 5.57. The van der Waals surface area contributed by atoms with Gasteiger partial charge in [0.25, 0.3) is 0 Å². The van der Waals surface area contributed by atoms with Crippen LogP contribution in [0.3, 0.4) is 0 Å². The maximum Gasteiger partial charge on any atom is 0.193 e. The lowest BCUT2D eigenvalue weighted by Gasteiger charge is -2.12. The van der Waals surface area contributed by atoms with Gasteiger partial charge in [-0.05, 0) is 47.5 Å². The number of nitrogen functional groups attached to an aromatic ring is 1. The van der Waals surface area contributed by atoms with Crippen molar-refractivity contribution in [2.75, 3.05) is 20.0 Å². The lowest BCUT2D eigenvalue weighted by atomic mass is 9.93. The molecule has 0 saturated heterocycles. The summed E-state index contributed by atoms with van der Waals surface area (Å²) < 4.78 is 10.7. The molecule has 0 amide bonds. The fourth-order valence-electron chi connectivity index (χ4n) is 2.73. The van der Waals surface area contributed by atoms with Crippen LogP contribution in [0.1, 0.15) is 15.9 Å². The van der Waals surface area contributed by atoms with Crippen LogP contribution in [0.4, 0.5) is 5.69 Å². The fraction of sp³-hybridized carbons (Fsp3) is 0.0952. The summed E-state index contributed by atoms with van der Waals surface area (Å²) in [4.78, 5) is 12.9. The molecule has 0 radical (unpaired) electrons. The van der Waals surface area contributed by atoms with E-state index in [2.05, 4.69) is 0 Å². The molecule has 0 saturated carbocycles. The lowest BCUT2D eigenvalue weighted by molar-refractivity contribution is 0.103. The number of nitrogens with two attached hydrogens (primary N) is 1. The van der Waals surface area contributed by atoms with E-state index in [1.165, 1.54) is 0 Å². The maximum atomic E-state index is 12.9. The van der Waals surface area contributed by atoms with Gasteiger partial charge in [0.1, 0.15) is 0 Å². The first-order chi connectivity index (χ1) is 12.1. The van der Waals surface area contributed by atoms with Crippen molar-refractivity contribution in [1.29, 1.82) is 0 Å². The van der Waals surface area contributed by atoms with Gasteiger partial charge in [-0.2, -0.15) is 0 Å². The van der Waals surface area contributed by atoms with Gasteiger partial charge in [0.15, 0.2) is 17.3 Å². The van der Waals surface area contributed by atoms with E-state index in [4.69, 9.17) is 15.2 Å². The number of hydrogen-bond donors (Lipinski definition) is 1. The van der Waals surface area contributed by atoms with Crippen molar-refractivity contribution in [2.24, 2.45) is 0 Å². The van der Waals surface area contributed by atoms with E-state index in [0.29, 0.717) is 28.3 Å². The fourth-order valence-corrected chi connectivity index (χ4v) is 2.73. The topological polar surface area (TPSA) is 61.5 Å². The molecule has 0 spiro atoms. The molecule has 126 valence electrons. The van der Waals surface area contributed by atoms with Crippen LogP contribution in [-0.2, 0) is 0 Å². The highest BCUT2D eigenvalue weighted by Gasteiger charge is 2.15. The molecule has 3 rings (SSSR count). The average molecular weight is 333 g/mol. The Hall–Kier alpha value is -3.27. The van der Waals surface area contributed by atoms with Gasteiger partial charge in [-0.25, -0.2) is 0 Å². The minimum absolute atomic E-state index is 0.0506. The third kappa shape index (κ3) is 3.33. The zero-order valence-corrected chi connectivity index (χ0v) is 14.2. The van der Waals surface area contributed by atoms with Gasteiger partial charge < -0.3 is 15.2 Å². The minimum atomic E-state index is -0.0506. The molecule has 4 nitrogen and oxygen atoms in total. The molecule has 0 aliphatic heterocycles. The standard InChI is InChI=1S/C21H19NO3/c1-24-19-12-9-15(13-20(19)25-2)17-5-3-4-6-18(17)21(23)14-7-10-16(22)11-8-14/h3-13H,22H2,1-2H3. The van der Waals surface area contributed by atoms with Gasteiger partial charge in [0, 0.05) is 16.8 Å². The summed E-state index contributed by atoms with van der Waals surface area (Å²) >= 11 is 0. The quantitative estimate of drug-likeness (QED) is 0.562. The first-order valence-corrected chi connectivity index (χ1v) is 7.85. The molecule has 4 heteroatoms. The van der Waals surface area contributed by atoms with E-state index in [1.54, 1.807) is 38.5 Å². The number of rotatable bonds is 5. The molecular formula is C21H19NO3.